The van der Waals surface area contributed by atoms with Crippen LogP contribution in [0.3, 0.4) is 0 Å². The summed E-state index contributed by atoms with van der Waals surface area (Å²) in [6.07, 6.45) is 4.00. The number of nitrogens with zero attached hydrogens (tertiary/aromatic N) is 3. The number of aryl methyl sites for hydroxylation is 1. The number of aromatic nitrogens is 2. The summed E-state index contributed by atoms with van der Waals surface area (Å²) in [6, 6.07) is 4.59. The predicted octanol–water partition coefficient (Wildman–Crippen LogP) is 2.82. The van der Waals surface area contributed by atoms with E-state index >= 15 is 0 Å². The summed E-state index contributed by atoms with van der Waals surface area (Å²) in [5.74, 6) is -1.58. The molecular formula is C19H22FN5O3S. The van der Waals surface area contributed by atoms with Gasteiger partial charge in [0.05, 0.1) is 0 Å². The molecule has 0 unspecified atom stereocenters. The highest BCUT2D eigenvalue weighted by molar-refractivity contribution is 7.15. The van der Waals surface area contributed by atoms with E-state index in [4.69, 9.17) is 0 Å². The van der Waals surface area contributed by atoms with E-state index in [0.29, 0.717) is 10.7 Å². The van der Waals surface area contributed by atoms with Gasteiger partial charge in [0.25, 0.3) is 5.91 Å². The van der Waals surface area contributed by atoms with E-state index in [0.717, 1.165) is 35.6 Å². The fourth-order valence-corrected chi connectivity index (χ4v) is 3.85. The van der Waals surface area contributed by atoms with Gasteiger partial charge < -0.3 is 5.32 Å². The van der Waals surface area contributed by atoms with Crippen LogP contribution in [0, 0.1) is 5.82 Å². The Hall–Kier alpha value is -2.88. The van der Waals surface area contributed by atoms with Crippen molar-refractivity contribution in [2.24, 2.45) is 0 Å². The predicted molar refractivity (Wildman–Crippen MR) is 106 cm³/mol. The number of hydrogen-bond acceptors (Lipinski definition) is 6. The first-order valence-corrected chi connectivity index (χ1v) is 10.2. The molecule has 1 saturated heterocycles. The van der Waals surface area contributed by atoms with Gasteiger partial charge in [0.15, 0.2) is 0 Å². The molecule has 29 heavy (non-hydrogen) atoms. The zero-order chi connectivity index (χ0) is 21.0. The molecule has 1 atom stereocenters. The standard InChI is InChI=1S/C19H22FN5O3S/c1-3-4-5-6-15-23-24-17(29-15)21-14(26)11-25-16(27)19(2,22-18(25)28)12-7-9-13(20)10-8-12/h7-10H,3-6,11H2,1-2H3,(H,22,28)(H,21,24,26)/t19-/m1/s1. The number of halogens is 1. The van der Waals surface area contributed by atoms with E-state index in [1.165, 1.54) is 42.5 Å². The molecule has 0 bridgehead atoms. The minimum absolute atomic E-state index is 0.329. The van der Waals surface area contributed by atoms with Crippen LogP contribution in [0.25, 0.3) is 0 Å². The largest absolute Gasteiger partial charge is 0.325 e. The Labute approximate surface area is 171 Å². The number of amides is 4. The van der Waals surface area contributed by atoms with Crippen molar-refractivity contribution in [2.75, 3.05) is 11.9 Å². The van der Waals surface area contributed by atoms with E-state index in [2.05, 4.69) is 27.8 Å². The monoisotopic (exact) mass is 419 g/mol. The maximum atomic E-state index is 13.2. The molecule has 3 rings (SSSR count). The average molecular weight is 419 g/mol. The van der Waals surface area contributed by atoms with Crippen molar-refractivity contribution < 1.29 is 18.8 Å². The maximum absolute atomic E-state index is 13.2. The highest BCUT2D eigenvalue weighted by Gasteiger charge is 2.49. The first-order chi connectivity index (χ1) is 13.8. The van der Waals surface area contributed by atoms with Gasteiger partial charge in [0.2, 0.25) is 11.0 Å². The Morgan fingerprint density at radius 2 is 1.97 bits per heavy atom. The second kappa shape index (κ2) is 8.64. The molecular weight excluding hydrogens is 397 g/mol. The van der Waals surface area contributed by atoms with Crippen LogP contribution in [0.1, 0.15) is 43.7 Å². The van der Waals surface area contributed by atoms with Crippen LogP contribution in [0.4, 0.5) is 14.3 Å². The van der Waals surface area contributed by atoms with Crippen molar-refractivity contribution >= 4 is 34.3 Å². The van der Waals surface area contributed by atoms with Gasteiger partial charge in [-0.3, -0.25) is 19.8 Å². The first kappa shape index (κ1) is 20.8. The molecule has 1 aliphatic heterocycles. The third-order valence-electron chi connectivity index (χ3n) is 4.71. The van der Waals surface area contributed by atoms with E-state index in [1.807, 2.05) is 0 Å². The lowest BCUT2D eigenvalue weighted by molar-refractivity contribution is -0.133. The molecule has 0 radical (unpaired) electrons. The van der Waals surface area contributed by atoms with E-state index < -0.39 is 35.7 Å². The highest BCUT2D eigenvalue weighted by Crippen LogP contribution is 2.29. The van der Waals surface area contributed by atoms with Crippen LogP contribution in [0.2, 0.25) is 0 Å². The summed E-state index contributed by atoms with van der Waals surface area (Å²) in [5, 5.41) is 14.3. The molecule has 0 aliphatic carbocycles. The topological polar surface area (TPSA) is 104 Å². The second-order valence-corrected chi connectivity index (χ2v) is 8.02. The van der Waals surface area contributed by atoms with Gasteiger partial charge in [-0.1, -0.05) is 43.2 Å². The summed E-state index contributed by atoms with van der Waals surface area (Å²) < 4.78 is 13.2. The number of unbranched alkanes of at least 4 members (excludes halogenated alkanes) is 2. The average Bonchev–Trinajstić information content (AvgIpc) is 3.21. The van der Waals surface area contributed by atoms with Crippen molar-refractivity contribution in [3.8, 4) is 0 Å². The number of carbonyl (C=O) groups is 3. The molecule has 154 valence electrons. The highest BCUT2D eigenvalue weighted by atomic mass is 32.1. The molecule has 2 aromatic rings. The summed E-state index contributed by atoms with van der Waals surface area (Å²) in [4.78, 5) is 38.3. The molecule has 1 aromatic heterocycles. The molecule has 2 heterocycles. The Balaban J connectivity index is 1.62. The number of carbonyl (C=O) groups excluding carboxylic acids is 3. The third kappa shape index (κ3) is 4.58. The molecule has 1 aliphatic rings. The Kier molecular flexibility index (Phi) is 6.21. The van der Waals surface area contributed by atoms with Gasteiger partial charge in [0, 0.05) is 6.42 Å². The number of hydrogen-bond donors (Lipinski definition) is 2. The van der Waals surface area contributed by atoms with E-state index in [-0.39, 0.29) is 0 Å². The lowest BCUT2D eigenvalue weighted by Gasteiger charge is -2.22. The molecule has 8 nitrogen and oxygen atoms in total. The van der Waals surface area contributed by atoms with Crippen LogP contribution in [-0.2, 0) is 21.5 Å². The van der Waals surface area contributed by atoms with Crippen molar-refractivity contribution in [2.45, 2.75) is 45.1 Å². The van der Waals surface area contributed by atoms with Crippen molar-refractivity contribution in [3.05, 3.63) is 40.7 Å². The van der Waals surface area contributed by atoms with E-state index in [9.17, 15) is 18.8 Å². The van der Waals surface area contributed by atoms with Crippen LogP contribution in [0.5, 0.6) is 0 Å². The van der Waals surface area contributed by atoms with Gasteiger partial charge in [-0.05, 0) is 31.0 Å². The zero-order valence-electron chi connectivity index (χ0n) is 16.2. The molecule has 1 fully saturated rings. The number of nitrogens with one attached hydrogen (secondary N) is 2. The van der Waals surface area contributed by atoms with Crippen LogP contribution < -0.4 is 10.6 Å². The Morgan fingerprint density at radius 1 is 1.24 bits per heavy atom. The maximum Gasteiger partial charge on any atom is 0.325 e. The quantitative estimate of drug-likeness (QED) is 0.506. The molecule has 2 N–H and O–H groups in total. The number of urea groups is 1. The van der Waals surface area contributed by atoms with Crippen molar-refractivity contribution in [1.29, 1.82) is 0 Å². The van der Waals surface area contributed by atoms with Crippen LogP contribution >= 0.6 is 11.3 Å². The Bertz CT molecular complexity index is 917. The summed E-state index contributed by atoms with van der Waals surface area (Å²) in [7, 11) is 0. The van der Waals surface area contributed by atoms with E-state index in [1.54, 1.807) is 0 Å². The van der Waals surface area contributed by atoms with Gasteiger partial charge >= 0.3 is 6.03 Å². The van der Waals surface area contributed by atoms with Crippen LogP contribution in [0.15, 0.2) is 24.3 Å². The van der Waals surface area contributed by atoms with Crippen molar-refractivity contribution in [3.63, 3.8) is 0 Å². The number of rotatable bonds is 8. The molecule has 4 amide bonds. The molecule has 10 heteroatoms. The zero-order valence-corrected chi connectivity index (χ0v) is 17.0. The number of anilines is 1. The lowest BCUT2D eigenvalue weighted by atomic mass is 9.92. The van der Waals surface area contributed by atoms with Crippen molar-refractivity contribution in [1.82, 2.24) is 20.4 Å². The minimum Gasteiger partial charge on any atom is -0.319 e. The molecule has 0 saturated carbocycles. The van der Waals surface area contributed by atoms with Gasteiger partial charge in [-0.25, -0.2) is 9.18 Å². The van der Waals surface area contributed by atoms with Gasteiger partial charge in [0.1, 0.15) is 22.9 Å². The lowest BCUT2D eigenvalue weighted by Crippen LogP contribution is -2.42. The number of benzene rings is 1. The summed E-state index contributed by atoms with van der Waals surface area (Å²) in [6.45, 7) is 3.18. The minimum atomic E-state index is -1.36. The molecule has 1 aromatic carbocycles. The second-order valence-electron chi connectivity index (χ2n) is 6.96. The van der Waals surface area contributed by atoms with Gasteiger partial charge in [-0.2, -0.15) is 0 Å². The van der Waals surface area contributed by atoms with Gasteiger partial charge in [-0.15, -0.1) is 10.2 Å². The van der Waals surface area contributed by atoms with Crippen LogP contribution in [-0.4, -0.2) is 39.5 Å². The third-order valence-corrected chi connectivity index (χ3v) is 5.60. The SMILES string of the molecule is CCCCCc1nnc(NC(=O)CN2C(=O)N[C@](C)(c3ccc(F)cc3)C2=O)s1. The normalized spacial score (nSPS) is 18.8. The first-order valence-electron chi connectivity index (χ1n) is 9.36. The summed E-state index contributed by atoms with van der Waals surface area (Å²) >= 11 is 1.28. The fraction of sp³-hybridized carbons (Fsp3) is 0.421. The Morgan fingerprint density at radius 3 is 2.66 bits per heavy atom. The number of imide groups is 1. The summed E-state index contributed by atoms with van der Waals surface area (Å²) in [5.41, 5.74) is -0.929. The fourth-order valence-electron chi connectivity index (χ4n) is 3.05. The molecule has 0 spiro atoms. The smallest absolute Gasteiger partial charge is 0.319 e.